The molecule has 122 valence electrons. The molecule has 0 atom stereocenters. The molecule has 0 aliphatic carbocycles. The van der Waals surface area contributed by atoms with E-state index in [4.69, 9.17) is 9.47 Å². The second kappa shape index (κ2) is 6.26. The Kier molecular flexibility index (Phi) is 4.77. The molecule has 1 amide bonds. The number of carbonyl (C=O) groups is 1. The van der Waals surface area contributed by atoms with Crippen LogP contribution >= 0.6 is 0 Å². The predicted octanol–water partition coefficient (Wildman–Crippen LogP) is 2.35. The molecule has 0 saturated carbocycles. The van der Waals surface area contributed by atoms with Gasteiger partial charge in [0.15, 0.2) is 15.9 Å². The molecular weight excluding hydrogens is 306 g/mol. The SMILES string of the molecule is CC(C)(C)S(=O)(=O)Cc1ccc(NC(=O)OC2COC2)cc1. The van der Waals surface area contributed by atoms with Gasteiger partial charge in [0.05, 0.1) is 23.7 Å². The standard InChI is InChI=1S/C15H21NO5S/c1-15(2,3)22(18,19)10-11-4-6-12(7-5-11)16-14(17)21-13-8-20-9-13/h4-7,13H,8-10H2,1-3H3,(H,16,17). The minimum absolute atomic E-state index is 0.0271. The Balaban J connectivity index is 1.94. The molecule has 22 heavy (non-hydrogen) atoms. The summed E-state index contributed by atoms with van der Waals surface area (Å²) in [6.07, 6.45) is -0.723. The van der Waals surface area contributed by atoms with E-state index in [0.29, 0.717) is 24.5 Å². The zero-order valence-corrected chi connectivity index (χ0v) is 13.8. The molecule has 1 aromatic carbocycles. The number of sulfone groups is 1. The fourth-order valence-corrected chi connectivity index (χ4v) is 2.77. The lowest BCUT2D eigenvalue weighted by atomic mass is 10.2. The Morgan fingerprint density at radius 1 is 1.27 bits per heavy atom. The minimum Gasteiger partial charge on any atom is -0.441 e. The third-order valence-corrected chi connectivity index (χ3v) is 5.95. The molecule has 0 unspecified atom stereocenters. The van der Waals surface area contributed by atoms with Gasteiger partial charge in [0.1, 0.15) is 0 Å². The molecule has 1 saturated heterocycles. The van der Waals surface area contributed by atoms with Crippen LogP contribution in [0.3, 0.4) is 0 Å². The predicted molar refractivity (Wildman–Crippen MR) is 83.5 cm³/mol. The minimum atomic E-state index is -3.22. The second-order valence-corrected chi connectivity index (χ2v) is 9.00. The van der Waals surface area contributed by atoms with Crippen molar-refractivity contribution < 1.29 is 22.7 Å². The summed E-state index contributed by atoms with van der Waals surface area (Å²) in [5.74, 6) is -0.0271. The van der Waals surface area contributed by atoms with Crippen molar-refractivity contribution in [3.63, 3.8) is 0 Å². The van der Waals surface area contributed by atoms with E-state index in [1.54, 1.807) is 45.0 Å². The Labute approximate surface area is 130 Å². The molecule has 1 aliphatic heterocycles. The number of benzene rings is 1. The van der Waals surface area contributed by atoms with Crippen LogP contribution in [0.25, 0.3) is 0 Å². The molecule has 2 rings (SSSR count). The van der Waals surface area contributed by atoms with Crippen LogP contribution < -0.4 is 5.32 Å². The average molecular weight is 327 g/mol. The number of rotatable bonds is 4. The number of hydrogen-bond donors (Lipinski definition) is 1. The van der Waals surface area contributed by atoms with Crippen LogP contribution in [-0.2, 0) is 25.1 Å². The van der Waals surface area contributed by atoms with Crippen molar-refractivity contribution >= 4 is 21.6 Å². The van der Waals surface area contributed by atoms with Crippen molar-refractivity contribution in [2.75, 3.05) is 18.5 Å². The zero-order valence-electron chi connectivity index (χ0n) is 13.0. The lowest BCUT2D eigenvalue weighted by molar-refractivity contribution is -0.0951. The van der Waals surface area contributed by atoms with E-state index in [1.165, 1.54) is 0 Å². The lowest BCUT2D eigenvalue weighted by Crippen LogP contribution is -2.38. The highest BCUT2D eigenvalue weighted by atomic mass is 32.2. The van der Waals surface area contributed by atoms with Crippen molar-refractivity contribution in [1.29, 1.82) is 0 Å². The van der Waals surface area contributed by atoms with E-state index in [2.05, 4.69) is 5.32 Å². The van der Waals surface area contributed by atoms with Crippen molar-refractivity contribution in [2.45, 2.75) is 37.4 Å². The van der Waals surface area contributed by atoms with E-state index in [9.17, 15) is 13.2 Å². The Morgan fingerprint density at radius 2 is 1.86 bits per heavy atom. The zero-order chi connectivity index (χ0) is 16.4. The Morgan fingerprint density at radius 3 is 2.32 bits per heavy atom. The molecular formula is C15H21NO5S. The molecule has 1 aliphatic rings. The quantitative estimate of drug-likeness (QED) is 0.918. The van der Waals surface area contributed by atoms with Gasteiger partial charge in [-0.2, -0.15) is 0 Å². The van der Waals surface area contributed by atoms with Crippen LogP contribution in [0, 0.1) is 0 Å². The smallest absolute Gasteiger partial charge is 0.412 e. The van der Waals surface area contributed by atoms with Crippen LogP contribution in [0.5, 0.6) is 0 Å². The van der Waals surface area contributed by atoms with Gasteiger partial charge >= 0.3 is 6.09 Å². The summed E-state index contributed by atoms with van der Waals surface area (Å²) < 4.78 is 33.5. The van der Waals surface area contributed by atoms with Crippen molar-refractivity contribution in [3.8, 4) is 0 Å². The molecule has 1 N–H and O–H groups in total. The van der Waals surface area contributed by atoms with Gasteiger partial charge < -0.3 is 9.47 Å². The largest absolute Gasteiger partial charge is 0.441 e. The van der Waals surface area contributed by atoms with Crippen molar-refractivity contribution in [1.82, 2.24) is 0 Å². The second-order valence-electron chi connectivity index (χ2n) is 6.26. The molecule has 6 nitrogen and oxygen atoms in total. The fraction of sp³-hybridized carbons (Fsp3) is 0.533. The average Bonchev–Trinajstić information content (AvgIpc) is 2.35. The third-order valence-electron chi connectivity index (χ3n) is 3.37. The van der Waals surface area contributed by atoms with E-state index in [1.807, 2.05) is 0 Å². The first-order valence-corrected chi connectivity index (χ1v) is 8.69. The van der Waals surface area contributed by atoms with Crippen LogP contribution in [-0.4, -0.2) is 38.6 Å². The maximum Gasteiger partial charge on any atom is 0.412 e. The number of nitrogens with one attached hydrogen (secondary N) is 1. The molecule has 0 aromatic heterocycles. The molecule has 0 spiro atoms. The topological polar surface area (TPSA) is 81.7 Å². The van der Waals surface area contributed by atoms with Crippen LogP contribution in [0.1, 0.15) is 26.3 Å². The first-order chi connectivity index (χ1) is 10.2. The van der Waals surface area contributed by atoms with Gasteiger partial charge in [-0.05, 0) is 38.5 Å². The highest BCUT2D eigenvalue weighted by molar-refractivity contribution is 7.91. The van der Waals surface area contributed by atoms with Crippen LogP contribution in [0.4, 0.5) is 10.5 Å². The Bertz CT molecular complexity index is 627. The Hall–Kier alpha value is -1.60. The number of amides is 1. The van der Waals surface area contributed by atoms with Crippen LogP contribution in [0.2, 0.25) is 0 Å². The summed E-state index contributed by atoms with van der Waals surface area (Å²) in [6, 6.07) is 6.69. The maximum atomic E-state index is 12.1. The molecule has 0 radical (unpaired) electrons. The highest BCUT2D eigenvalue weighted by Crippen LogP contribution is 2.21. The molecule has 7 heteroatoms. The first-order valence-electron chi connectivity index (χ1n) is 7.04. The van der Waals surface area contributed by atoms with Gasteiger partial charge in [0.2, 0.25) is 0 Å². The molecule has 1 aromatic rings. The van der Waals surface area contributed by atoms with Gasteiger partial charge in [-0.15, -0.1) is 0 Å². The number of hydrogen-bond acceptors (Lipinski definition) is 5. The number of ether oxygens (including phenoxy) is 2. The summed E-state index contributed by atoms with van der Waals surface area (Å²) >= 11 is 0. The maximum absolute atomic E-state index is 12.1. The van der Waals surface area contributed by atoms with E-state index < -0.39 is 20.7 Å². The molecule has 1 fully saturated rings. The molecule has 1 heterocycles. The number of carbonyl (C=O) groups excluding carboxylic acids is 1. The summed E-state index contributed by atoms with van der Waals surface area (Å²) in [6.45, 7) is 5.89. The summed E-state index contributed by atoms with van der Waals surface area (Å²) in [5, 5.41) is 2.60. The van der Waals surface area contributed by atoms with Crippen molar-refractivity contribution in [3.05, 3.63) is 29.8 Å². The van der Waals surface area contributed by atoms with Gasteiger partial charge in [-0.25, -0.2) is 13.2 Å². The van der Waals surface area contributed by atoms with Gasteiger partial charge in [0, 0.05) is 5.69 Å². The number of anilines is 1. The summed E-state index contributed by atoms with van der Waals surface area (Å²) in [4.78, 5) is 11.6. The van der Waals surface area contributed by atoms with Crippen LogP contribution in [0.15, 0.2) is 24.3 Å². The summed E-state index contributed by atoms with van der Waals surface area (Å²) in [7, 11) is -3.22. The van der Waals surface area contributed by atoms with Crippen molar-refractivity contribution in [2.24, 2.45) is 0 Å². The van der Waals surface area contributed by atoms with E-state index in [-0.39, 0.29) is 11.9 Å². The highest BCUT2D eigenvalue weighted by Gasteiger charge is 2.29. The third kappa shape index (κ3) is 4.20. The summed E-state index contributed by atoms with van der Waals surface area (Å²) in [5.41, 5.74) is 1.24. The van der Waals surface area contributed by atoms with E-state index >= 15 is 0 Å². The van der Waals surface area contributed by atoms with Gasteiger partial charge in [-0.3, -0.25) is 5.32 Å². The lowest BCUT2D eigenvalue weighted by Gasteiger charge is -2.25. The first kappa shape index (κ1) is 16.8. The fourth-order valence-electron chi connectivity index (χ4n) is 1.70. The normalized spacial score (nSPS) is 16.0. The van der Waals surface area contributed by atoms with Gasteiger partial charge in [-0.1, -0.05) is 12.1 Å². The molecule has 0 bridgehead atoms. The monoisotopic (exact) mass is 327 g/mol. The van der Waals surface area contributed by atoms with Gasteiger partial charge in [0.25, 0.3) is 0 Å². The van der Waals surface area contributed by atoms with E-state index in [0.717, 1.165) is 0 Å².